The summed E-state index contributed by atoms with van der Waals surface area (Å²) in [5.41, 5.74) is 1.10. The van der Waals surface area contributed by atoms with Gasteiger partial charge in [-0.05, 0) is 25.0 Å². The zero-order valence-corrected chi connectivity index (χ0v) is 13.2. The van der Waals surface area contributed by atoms with Gasteiger partial charge in [-0.1, -0.05) is 51.2 Å². The first-order valence-corrected chi connectivity index (χ1v) is 8.42. The van der Waals surface area contributed by atoms with Crippen LogP contribution >= 0.6 is 0 Å². The number of rotatable bonds is 9. The molecule has 1 aliphatic heterocycles. The van der Waals surface area contributed by atoms with Crippen molar-refractivity contribution in [2.75, 3.05) is 19.7 Å². The van der Waals surface area contributed by atoms with E-state index in [0.717, 1.165) is 49.7 Å². The van der Waals surface area contributed by atoms with E-state index >= 15 is 0 Å². The summed E-state index contributed by atoms with van der Waals surface area (Å²) in [5.74, 6) is 1.94. The second kappa shape index (κ2) is 9.43. The zero-order chi connectivity index (χ0) is 14.8. The van der Waals surface area contributed by atoms with Gasteiger partial charge in [0.1, 0.15) is 11.6 Å². The summed E-state index contributed by atoms with van der Waals surface area (Å²) >= 11 is 0. The fraction of sp³-hybridized carbons (Fsp3) is 0.611. The van der Waals surface area contributed by atoms with Gasteiger partial charge in [0.25, 0.3) is 0 Å². The Labute approximate surface area is 128 Å². The molecule has 0 saturated carbocycles. The van der Waals surface area contributed by atoms with Crippen LogP contribution in [0.1, 0.15) is 57.4 Å². The fourth-order valence-corrected chi connectivity index (χ4v) is 2.57. The lowest BCUT2D eigenvalue weighted by Crippen LogP contribution is -2.30. The number of hydrogen-bond acceptors (Lipinski definition) is 3. The zero-order valence-electron chi connectivity index (χ0n) is 13.2. The molecule has 1 aliphatic rings. The molecule has 0 aromatic heterocycles. The van der Waals surface area contributed by atoms with Gasteiger partial charge in [0.15, 0.2) is 0 Å². The van der Waals surface area contributed by atoms with Crippen LogP contribution in [-0.2, 0) is 0 Å². The van der Waals surface area contributed by atoms with E-state index < -0.39 is 0 Å². The largest absolute Gasteiger partial charge is 0.493 e. The van der Waals surface area contributed by atoms with Crippen molar-refractivity contribution >= 4 is 5.84 Å². The van der Waals surface area contributed by atoms with E-state index in [1.165, 1.54) is 32.1 Å². The lowest BCUT2D eigenvalue weighted by molar-refractivity contribution is 0.303. The average molecular weight is 288 g/mol. The number of hydrogen-bond donors (Lipinski definition) is 1. The highest BCUT2D eigenvalue weighted by atomic mass is 16.5. The van der Waals surface area contributed by atoms with Crippen LogP contribution in [0.3, 0.4) is 0 Å². The molecule has 0 fully saturated rings. The lowest BCUT2D eigenvalue weighted by Gasteiger charge is -2.17. The molecule has 0 radical (unpaired) electrons. The topological polar surface area (TPSA) is 33.6 Å². The van der Waals surface area contributed by atoms with E-state index in [2.05, 4.69) is 23.3 Å². The number of para-hydroxylation sites is 1. The van der Waals surface area contributed by atoms with Crippen LogP contribution < -0.4 is 10.1 Å². The Morgan fingerprint density at radius 1 is 1.10 bits per heavy atom. The van der Waals surface area contributed by atoms with Crippen LogP contribution in [0.4, 0.5) is 0 Å². The van der Waals surface area contributed by atoms with E-state index in [1.54, 1.807) is 0 Å². The lowest BCUT2D eigenvalue weighted by atomic mass is 10.1. The average Bonchev–Trinajstić information content (AvgIpc) is 2.55. The summed E-state index contributed by atoms with van der Waals surface area (Å²) in [6.45, 7) is 4.97. The highest BCUT2D eigenvalue weighted by Crippen LogP contribution is 2.19. The number of ether oxygens (including phenoxy) is 1. The van der Waals surface area contributed by atoms with Gasteiger partial charge in [-0.25, -0.2) is 0 Å². The Morgan fingerprint density at radius 3 is 2.71 bits per heavy atom. The molecule has 0 aliphatic carbocycles. The van der Waals surface area contributed by atoms with Crippen LogP contribution in [0.25, 0.3) is 0 Å². The third-order valence-corrected chi connectivity index (χ3v) is 3.79. The number of aliphatic imine (C=N–C) groups is 1. The molecule has 1 N–H and O–H groups in total. The summed E-state index contributed by atoms with van der Waals surface area (Å²) in [6.07, 6.45) is 8.86. The van der Waals surface area contributed by atoms with E-state index in [0.29, 0.717) is 0 Å². The minimum Gasteiger partial charge on any atom is -0.493 e. The molecule has 0 saturated heterocycles. The Balaban J connectivity index is 1.79. The van der Waals surface area contributed by atoms with Gasteiger partial charge in [0.05, 0.1) is 12.2 Å². The predicted octanol–water partition coefficient (Wildman–Crippen LogP) is 4.17. The van der Waals surface area contributed by atoms with Crippen molar-refractivity contribution in [2.24, 2.45) is 4.99 Å². The monoisotopic (exact) mass is 288 g/mol. The van der Waals surface area contributed by atoms with Crippen LogP contribution in [0.15, 0.2) is 29.3 Å². The number of nitrogens with zero attached hydrogens (tertiary/aromatic N) is 1. The quantitative estimate of drug-likeness (QED) is 0.692. The maximum absolute atomic E-state index is 5.98. The van der Waals surface area contributed by atoms with E-state index in [9.17, 15) is 0 Å². The second-order valence-corrected chi connectivity index (χ2v) is 5.62. The van der Waals surface area contributed by atoms with E-state index in [4.69, 9.17) is 4.74 Å². The molecule has 1 aromatic rings. The van der Waals surface area contributed by atoms with Crippen molar-refractivity contribution < 1.29 is 4.74 Å². The molecule has 0 atom stereocenters. The molecule has 0 unspecified atom stereocenters. The minimum absolute atomic E-state index is 0.802. The third kappa shape index (κ3) is 5.41. The minimum atomic E-state index is 0.802. The molecule has 3 heteroatoms. The first kappa shape index (κ1) is 15.9. The molecule has 1 aromatic carbocycles. The molecule has 0 spiro atoms. The maximum Gasteiger partial charge on any atom is 0.132 e. The molecule has 3 nitrogen and oxygen atoms in total. The van der Waals surface area contributed by atoms with Crippen LogP contribution in [0.2, 0.25) is 0 Å². The van der Waals surface area contributed by atoms with Crippen LogP contribution in [-0.4, -0.2) is 25.5 Å². The first-order chi connectivity index (χ1) is 10.4. The van der Waals surface area contributed by atoms with Gasteiger partial charge in [0, 0.05) is 13.1 Å². The molecular formula is C18H28N2O. The Kier molecular flexibility index (Phi) is 7.13. The number of benzene rings is 1. The highest BCUT2D eigenvalue weighted by molar-refractivity contribution is 6.01. The summed E-state index contributed by atoms with van der Waals surface area (Å²) < 4.78 is 5.98. The summed E-state index contributed by atoms with van der Waals surface area (Å²) in [5, 5.41) is 3.37. The number of unbranched alkanes of at least 4 members (excludes halogenated alkanes) is 5. The van der Waals surface area contributed by atoms with Crippen molar-refractivity contribution in [3.8, 4) is 5.75 Å². The molecule has 1 heterocycles. The van der Waals surface area contributed by atoms with Crippen LogP contribution in [0.5, 0.6) is 5.75 Å². The van der Waals surface area contributed by atoms with Crippen LogP contribution in [0, 0.1) is 0 Å². The van der Waals surface area contributed by atoms with Gasteiger partial charge in [-0.2, -0.15) is 0 Å². The Hall–Kier alpha value is -1.51. The number of amidine groups is 1. The summed E-state index contributed by atoms with van der Waals surface area (Å²) in [4.78, 5) is 4.56. The Morgan fingerprint density at radius 2 is 1.90 bits per heavy atom. The van der Waals surface area contributed by atoms with Crippen molar-refractivity contribution in [3.63, 3.8) is 0 Å². The second-order valence-electron chi connectivity index (χ2n) is 5.62. The van der Waals surface area contributed by atoms with Gasteiger partial charge in [-0.3, -0.25) is 4.99 Å². The summed E-state index contributed by atoms with van der Waals surface area (Å²) in [6, 6.07) is 8.22. The van der Waals surface area contributed by atoms with Crippen molar-refractivity contribution in [3.05, 3.63) is 29.8 Å². The Bertz CT molecular complexity index is 443. The molecule has 0 bridgehead atoms. The molecule has 21 heavy (non-hydrogen) atoms. The van der Waals surface area contributed by atoms with Gasteiger partial charge in [-0.15, -0.1) is 0 Å². The van der Waals surface area contributed by atoms with Crippen molar-refractivity contribution in [2.45, 2.75) is 51.9 Å². The van der Waals surface area contributed by atoms with Crippen molar-refractivity contribution in [1.29, 1.82) is 0 Å². The highest BCUT2D eigenvalue weighted by Gasteiger charge is 2.11. The molecule has 116 valence electrons. The van der Waals surface area contributed by atoms with Gasteiger partial charge < -0.3 is 10.1 Å². The third-order valence-electron chi connectivity index (χ3n) is 3.79. The van der Waals surface area contributed by atoms with E-state index in [-0.39, 0.29) is 0 Å². The smallest absolute Gasteiger partial charge is 0.132 e. The molecule has 0 amide bonds. The first-order valence-electron chi connectivity index (χ1n) is 8.42. The van der Waals surface area contributed by atoms with E-state index in [1.807, 2.05) is 18.2 Å². The predicted molar refractivity (Wildman–Crippen MR) is 89.3 cm³/mol. The molecular weight excluding hydrogens is 260 g/mol. The number of nitrogens with one attached hydrogen (secondary N) is 1. The molecule has 2 rings (SSSR count). The fourth-order valence-electron chi connectivity index (χ4n) is 2.57. The van der Waals surface area contributed by atoms with Gasteiger partial charge >= 0.3 is 0 Å². The van der Waals surface area contributed by atoms with Gasteiger partial charge in [0.2, 0.25) is 0 Å². The van der Waals surface area contributed by atoms with Crippen molar-refractivity contribution in [1.82, 2.24) is 5.32 Å². The standard InChI is InChI=1S/C18H28N2O/c1-2-3-4-5-6-9-15-21-17-12-8-7-11-16(17)18-19-13-10-14-20-18/h7-8,11-12H,2-6,9-10,13-15H2,1H3,(H,19,20). The normalized spacial score (nSPS) is 14.4. The maximum atomic E-state index is 5.98. The SMILES string of the molecule is CCCCCCCCOc1ccccc1C1=NCCCN1. The summed E-state index contributed by atoms with van der Waals surface area (Å²) in [7, 11) is 0.